The Hall–Kier alpha value is -1.71. The number of H-pyrrole nitrogens is 1. The van der Waals surface area contributed by atoms with Crippen molar-refractivity contribution in [3.05, 3.63) is 20.0 Å². The number of rotatable bonds is 4. The Morgan fingerprint density at radius 1 is 1.57 bits per heavy atom. The van der Waals surface area contributed by atoms with Crippen LogP contribution in [0.5, 0.6) is 0 Å². The van der Waals surface area contributed by atoms with Crippen molar-refractivity contribution in [3.8, 4) is 0 Å². The number of aromatic amines is 1. The van der Waals surface area contributed by atoms with E-state index in [2.05, 4.69) is 9.97 Å². The average Bonchev–Trinajstić information content (AvgIpc) is 3.01. The molecule has 0 radical (unpaired) electrons. The molecule has 1 saturated heterocycles. The van der Waals surface area contributed by atoms with Crippen LogP contribution < -0.4 is 16.2 Å². The van der Waals surface area contributed by atoms with Crippen molar-refractivity contribution >= 4 is 27.6 Å². The lowest BCUT2D eigenvalue weighted by Crippen LogP contribution is -2.26. The molecule has 1 aliphatic heterocycles. The molecule has 126 valence electrons. The molecule has 1 unspecified atom stereocenters. The van der Waals surface area contributed by atoms with Gasteiger partial charge in [0.1, 0.15) is 10.9 Å². The summed E-state index contributed by atoms with van der Waals surface area (Å²) in [5.41, 5.74) is 5.44. The maximum Gasteiger partial charge on any atom is 0.311 e. The van der Waals surface area contributed by atoms with Gasteiger partial charge in [-0.15, -0.1) is 0 Å². The molecule has 1 aliphatic rings. The lowest BCUT2D eigenvalue weighted by Gasteiger charge is -2.21. The zero-order chi connectivity index (χ0) is 16.7. The maximum atomic E-state index is 12.4. The molecule has 0 saturated carbocycles. The van der Waals surface area contributed by atoms with Crippen molar-refractivity contribution in [2.24, 2.45) is 11.8 Å². The van der Waals surface area contributed by atoms with Crippen LogP contribution >= 0.6 is 11.3 Å². The van der Waals surface area contributed by atoms with E-state index in [0.717, 1.165) is 24.2 Å². The summed E-state index contributed by atoms with van der Waals surface area (Å²) in [5, 5.41) is 9.47. The van der Waals surface area contributed by atoms with Gasteiger partial charge in [0.25, 0.3) is 5.56 Å². The number of nitrogen functional groups attached to an aromatic ring is 1. The SMILES string of the molecule is CCC(CO)[C@@H]1C[C@@H](C)[C@H](n2c(=O)sc3c(=O)[nH]c(N)nc32)O1. The maximum absolute atomic E-state index is 12.4. The minimum atomic E-state index is -0.504. The van der Waals surface area contributed by atoms with Crippen LogP contribution in [0.25, 0.3) is 10.3 Å². The Morgan fingerprint density at radius 3 is 2.96 bits per heavy atom. The topological polar surface area (TPSA) is 123 Å². The molecular formula is C14H20N4O4S. The fraction of sp³-hybridized carbons (Fsp3) is 0.643. The van der Waals surface area contributed by atoms with Crippen molar-refractivity contribution in [2.45, 2.75) is 39.0 Å². The molecule has 0 aromatic carbocycles. The van der Waals surface area contributed by atoms with Crippen molar-refractivity contribution in [2.75, 3.05) is 12.3 Å². The van der Waals surface area contributed by atoms with Gasteiger partial charge >= 0.3 is 4.87 Å². The highest BCUT2D eigenvalue weighted by atomic mass is 32.1. The predicted molar refractivity (Wildman–Crippen MR) is 87.5 cm³/mol. The van der Waals surface area contributed by atoms with E-state index in [-0.39, 0.29) is 45.7 Å². The second-order valence-electron chi connectivity index (χ2n) is 5.97. The molecule has 4 atom stereocenters. The van der Waals surface area contributed by atoms with Gasteiger partial charge in [-0.3, -0.25) is 19.1 Å². The molecule has 0 aliphatic carbocycles. The van der Waals surface area contributed by atoms with Crippen LogP contribution in [0.4, 0.5) is 5.95 Å². The molecule has 9 heteroatoms. The van der Waals surface area contributed by atoms with E-state index in [9.17, 15) is 14.7 Å². The Labute approximate surface area is 135 Å². The van der Waals surface area contributed by atoms with Gasteiger partial charge in [0.2, 0.25) is 5.95 Å². The second-order valence-corrected chi connectivity index (χ2v) is 6.93. The molecule has 23 heavy (non-hydrogen) atoms. The number of hydrogen-bond donors (Lipinski definition) is 3. The summed E-state index contributed by atoms with van der Waals surface area (Å²) in [6.07, 6.45) is 0.915. The van der Waals surface area contributed by atoms with Gasteiger partial charge < -0.3 is 15.6 Å². The third kappa shape index (κ3) is 2.68. The van der Waals surface area contributed by atoms with E-state index in [4.69, 9.17) is 10.5 Å². The lowest BCUT2D eigenvalue weighted by molar-refractivity contribution is -0.0441. The first-order valence-corrected chi connectivity index (χ1v) is 8.45. The number of aliphatic hydroxyl groups excluding tert-OH is 1. The monoisotopic (exact) mass is 340 g/mol. The zero-order valence-corrected chi connectivity index (χ0v) is 13.8. The quantitative estimate of drug-likeness (QED) is 0.752. The van der Waals surface area contributed by atoms with Gasteiger partial charge in [0, 0.05) is 18.4 Å². The van der Waals surface area contributed by atoms with Crippen molar-refractivity contribution in [1.29, 1.82) is 0 Å². The Bertz CT molecular complexity index is 822. The number of nitrogens with zero attached hydrogens (tertiary/aromatic N) is 2. The molecular weight excluding hydrogens is 320 g/mol. The number of ether oxygens (including phenoxy) is 1. The van der Waals surface area contributed by atoms with Crippen LogP contribution in [0.15, 0.2) is 9.59 Å². The third-order valence-electron chi connectivity index (χ3n) is 4.44. The summed E-state index contributed by atoms with van der Waals surface area (Å²) in [6.45, 7) is 4.03. The molecule has 4 N–H and O–H groups in total. The molecule has 3 heterocycles. The molecule has 0 spiro atoms. The smallest absolute Gasteiger partial charge is 0.311 e. The highest BCUT2D eigenvalue weighted by molar-refractivity contribution is 7.16. The highest BCUT2D eigenvalue weighted by Crippen LogP contribution is 2.38. The molecule has 3 rings (SSSR count). The van der Waals surface area contributed by atoms with Crippen LogP contribution in [0, 0.1) is 11.8 Å². The van der Waals surface area contributed by atoms with Gasteiger partial charge in [0.05, 0.1) is 6.10 Å². The van der Waals surface area contributed by atoms with Crippen LogP contribution in [0.3, 0.4) is 0 Å². The van der Waals surface area contributed by atoms with Gasteiger partial charge in [0.15, 0.2) is 5.65 Å². The minimum absolute atomic E-state index is 0.0296. The Kier molecular flexibility index (Phi) is 4.26. The van der Waals surface area contributed by atoms with E-state index >= 15 is 0 Å². The molecule has 2 aromatic heterocycles. The molecule has 0 amide bonds. The fourth-order valence-corrected chi connectivity index (χ4v) is 3.99. The van der Waals surface area contributed by atoms with E-state index in [1.807, 2.05) is 13.8 Å². The first-order chi connectivity index (χ1) is 11.0. The molecule has 8 nitrogen and oxygen atoms in total. The van der Waals surface area contributed by atoms with Gasteiger partial charge in [-0.05, 0) is 12.8 Å². The van der Waals surface area contributed by atoms with E-state index in [1.54, 1.807) is 0 Å². The van der Waals surface area contributed by atoms with Crippen molar-refractivity contribution in [1.82, 2.24) is 14.5 Å². The minimum Gasteiger partial charge on any atom is -0.396 e. The summed E-state index contributed by atoms with van der Waals surface area (Å²) in [4.78, 5) is 30.5. The van der Waals surface area contributed by atoms with Crippen LogP contribution in [-0.4, -0.2) is 32.4 Å². The van der Waals surface area contributed by atoms with Gasteiger partial charge in [-0.2, -0.15) is 4.98 Å². The fourth-order valence-electron chi connectivity index (χ4n) is 3.15. The molecule has 2 aromatic rings. The summed E-state index contributed by atoms with van der Waals surface area (Å²) in [7, 11) is 0. The largest absolute Gasteiger partial charge is 0.396 e. The van der Waals surface area contributed by atoms with Crippen molar-refractivity contribution in [3.63, 3.8) is 0 Å². The summed E-state index contributed by atoms with van der Waals surface area (Å²) in [6, 6.07) is 0. The van der Waals surface area contributed by atoms with Gasteiger partial charge in [-0.1, -0.05) is 25.2 Å². The number of hydrogen-bond acceptors (Lipinski definition) is 7. The molecule has 1 fully saturated rings. The standard InChI is InChI=1S/C14H20N4O4S/c1-3-7(5-19)8-4-6(2)12(22-8)18-10-9(23-14(18)21)11(20)17-13(15)16-10/h6-8,12,19H,3-5H2,1-2H3,(H3,15,16,17,20)/t6-,7?,8+,12-/m1/s1. The number of nitrogens with one attached hydrogen (secondary N) is 1. The second kappa shape index (κ2) is 6.06. The first-order valence-electron chi connectivity index (χ1n) is 7.63. The summed E-state index contributed by atoms with van der Waals surface area (Å²) >= 11 is 0.840. The third-order valence-corrected chi connectivity index (χ3v) is 5.38. The van der Waals surface area contributed by atoms with E-state index < -0.39 is 11.8 Å². The zero-order valence-electron chi connectivity index (χ0n) is 13.0. The summed E-state index contributed by atoms with van der Waals surface area (Å²) in [5.74, 6) is 0.0703. The molecule has 0 bridgehead atoms. The van der Waals surface area contributed by atoms with E-state index in [1.165, 1.54) is 4.57 Å². The van der Waals surface area contributed by atoms with E-state index in [0.29, 0.717) is 0 Å². The predicted octanol–water partition coefficient (Wildman–Crippen LogP) is 0.671. The number of anilines is 1. The lowest BCUT2D eigenvalue weighted by atomic mass is 9.94. The van der Waals surface area contributed by atoms with Crippen LogP contribution in [-0.2, 0) is 4.74 Å². The number of thiazole rings is 1. The number of aliphatic hydroxyl groups is 1. The van der Waals surface area contributed by atoms with Crippen molar-refractivity contribution < 1.29 is 9.84 Å². The number of aromatic nitrogens is 3. The number of nitrogens with two attached hydrogens (primary N) is 1. The first kappa shape index (κ1) is 16.2. The number of fused-ring (bicyclic) bond motifs is 1. The average molecular weight is 340 g/mol. The Balaban J connectivity index is 2.05. The van der Waals surface area contributed by atoms with Crippen LogP contribution in [0.1, 0.15) is 32.9 Å². The summed E-state index contributed by atoms with van der Waals surface area (Å²) < 4.78 is 7.71. The Morgan fingerprint density at radius 2 is 2.30 bits per heavy atom. The van der Waals surface area contributed by atoms with Crippen LogP contribution in [0.2, 0.25) is 0 Å². The highest BCUT2D eigenvalue weighted by Gasteiger charge is 2.38. The normalized spacial score (nSPS) is 26.0. The van der Waals surface area contributed by atoms with Gasteiger partial charge in [-0.25, -0.2) is 0 Å².